The van der Waals surface area contributed by atoms with Gasteiger partial charge in [0.05, 0.1) is 0 Å². The second kappa shape index (κ2) is 8.69. The van der Waals surface area contributed by atoms with Gasteiger partial charge < -0.3 is 9.64 Å². The third-order valence-electron chi connectivity index (χ3n) is 4.48. The Morgan fingerprint density at radius 2 is 1.69 bits per heavy atom. The number of piperidine rings is 1. The number of amides is 1. The largest absolute Gasteiger partial charge is 0.511 e. The maximum atomic E-state index is 12.9. The highest BCUT2D eigenvalue weighted by Gasteiger charge is 2.48. The van der Waals surface area contributed by atoms with Crippen LogP contribution in [0.15, 0.2) is 24.3 Å². The fourth-order valence-corrected chi connectivity index (χ4v) is 4.00. The van der Waals surface area contributed by atoms with Gasteiger partial charge in [-0.25, -0.2) is 13.2 Å². The van der Waals surface area contributed by atoms with Crippen LogP contribution in [-0.2, 0) is 14.8 Å². The molecule has 1 aromatic rings. The number of carbonyl (C=O) groups is 1. The Morgan fingerprint density at radius 1 is 1.17 bits per heavy atom. The third kappa shape index (κ3) is 6.48. The lowest BCUT2D eigenvalue weighted by Gasteiger charge is -2.37. The number of nitrogens with one attached hydrogen (secondary N) is 1. The molecule has 1 heterocycles. The van der Waals surface area contributed by atoms with Gasteiger partial charge in [-0.15, -0.1) is 0 Å². The molecule has 1 atom stereocenters. The SMILES string of the molecule is CC(C)(C)OC(=O)N1CCC(C(NS(=O)(=O)C(F)(F)F)c2ccc(Cl)cc2)CC1. The van der Waals surface area contributed by atoms with Crippen LogP contribution in [0.5, 0.6) is 0 Å². The molecule has 11 heteroatoms. The van der Waals surface area contributed by atoms with Gasteiger partial charge in [0.1, 0.15) is 5.60 Å². The van der Waals surface area contributed by atoms with E-state index in [4.69, 9.17) is 16.3 Å². The fraction of sp³-hybridized carbons (Fsp3) is 0.611. The molecule has 1 unspecified atom stereocenters. The van der Waals surface area contributed by atoms with Crippen LogP contribution in [0, 0.1) is 5.92 Å². The minimum atomic E-state index is -5.55. The van der Waals surface area contributed by atoms with Crippen LogP contribution < -0.4 is 4.72 Å². The Balaban J connectivity index is 2.18. The predicted molar refractivity (Wildman–Crippen MR) is 103 cm³/mol. The Hall–Kier alpha value is -1.52. The number of benzene rings is 1. The molecule has 0 aromatic heterocycles. The molecule has 1 fully saturated rings. The molecule has 1 amide bonds. The van der Waals surface area contributed by atoms with Crippen molar-refractivity contribution in [2.75, 3.05) is 13.1 Å². The number of hydrogen-bond acceptors (Lipinski definition) is 4. The lowest BCUT2D eigenvalue weighted by molar-refractivity contribution is -0.0454. The van der Waals surface area contributed by atoms with E-state index in [-0.39, 0.29) is 13.1 Å². The molecule has 0 spiro atoms. The lowest BCUT2D eigenvalue weighted by Crippen LogP contribution is -2.46. The Morgan fingerprint density at radius 3 is 2.14 bits per heavy atom. The molecule has 0 bridgehead atoms. The van der Waals surface area contributed by atoms with Crippen LogP contribution in [0.4, 0.5) is 18.0 Å². The highest BCUT2D eigenvalue weighted by Crippen LogP contribution is 2.34. The summed E-state index contributed by atoms with van der Waals surface area (Å²) in [6, 6.07) is 4.86. The van der Waals surface area contributed by atoms with E-state index >= 15 is 0 Å². The monoisotopic (exact) mass is 456 g/mol. The van der Waals surface area contributed by atoms with Crippen molar-refractivity contribution in [1.82, 2.24) is 9.62 Å². The summed E-state index contributed by atoms with van der Waals surface area (Å²) in [5, 5.41) is 0.380. The molecule has 0 radical (unpaired) electrons. The molecule has 1 aliphatic heterocycles. The van der Waals surface area contributed by atoms with Gasteiger partial charge in [0.15, 0.2) is 0 Å². The summed E-state index contributed by atoms with van der Waals surface area (Å²) in [5.41, 5.74) is -5.71. The van der Waals surface area contributed by atoms with Crippen molar-refractivity contribution >= 4 is 27.7 Å². The molecule has 1 aliphatic rings. The molecule has 6 nitrogen and oxygen atoms in total. The van der Waals surface area contributed by atoms with E-state index in [2.05, 4.69) is 0 Å². The van der Waals surface area contributed by atoms with Gasteiger partial charge in [-0.1, -0.05) is 23.7 Å². The van der Waals surface area contributed by atoms with Gasteiger partial charge in [0, 0.05) is 24.2 Å². The van der Waals surface area contributed by atoms with Crippen molar-refractivity contribution in [3.8, 4) is 0 Å². The van der Waals surface area contributed by atoms with E-state index in [1.165, 1.54) is 29.2 Å². The van der Waals surface area contributed by atoms with Crippen LogP contribution in [0.1, 0.15) is 45.2 Å². The van der Waals surface area contributed by atoms with E-state index in [1.807, 2.05) is 0 Å². The topological polar surface area (TPSA) is 75.7 Å². The first kappa shape index (κ1) is 23.8. The van der Waals surface area contributed by atoms with Crippen molar-refractivity contribution < 1.29 is 31.1 Å². The van der Waals surface area contributed by atoms with Crippen LogP contribution in [0.25, 0.3) is 0 Å². The number of ether oxygens (including phenoxy) is 1. The van der Waals surface area contributed by atoms with E-state index < -0.39 is 39.2 Å². The van der Waals surface area contributed by atoms with E-state index in [0.29, 0.717) is 23.4 Å². The quantitative estimate of drug-likeness (QED) is 0.725. The summed E-state index contributed by atoms with van der Waals surface area (Å²) in [4.78, 5) is 13.7. The lowest BCUT2D eigenvalue weighted by atomic mass is 9.86. The standard InChI is InChI=1S/C18H24ClF3N2O4S/c1-17(2,3)28-16(25)24-10-8-13(9-11-24)15(12-4-6-14(19)7-5-12)23-29(26,27)18(20,21)22/h4-7,13,15,23H,8-11H2,1-3H3. The maximum absolute atomic E-state index is 12.9. The average Bonchev–Trinajstić information content (AvgIpc) is 2.58. The first-order chi connectivity index (χ1) is 13.2. The van der Waals surface area contributed by atoms with Gasteiger partial charge >= 0.3 is 21.6 Å². The molecule has 29 heavy (non-hydrogen) atoms. The number of rotatable bonds is 4. The van der Waals surface area contributed by atoms with Crippen molar-refractivity contribution in [1.29, 1.82) is 0 Å². The summed E-state index contributed by atoms with van der Waals surface area (Å²) >= 11 is 5.84. The van der Waals surface area contributed by atoms with Gasteiger partial charge in [0.2, 0.25) is 0 Å². The number of likely N-dealkylation sites (tertiary alicyclic amines) is 1. The predicted octanol–water partition coefficient (Wildman–Crippen LogP) is 4.47. The summed E-state index contributed by atoms with van der Waals surface area (Å²) in [6.45, 7) is 5.70. The second-order valence-corrected chi connectivity index (χ2v) is 10.0. The van der Waals surface area contributed by atoms with Crippen LogP contribution in [-0.4, -0.2) is 43.6 Å². The minimum absolute atomic E-state index is 0.247. The Kier molecular flexibility index (Phi) is 7.12. The number of alkyl halides is 3. The molecule has 1 aromatic carbocycles. The van der Waals surface area contributed by atoms with Gasteiger partial charge in [-0.2, -0.15) is 17.9 Å². The molecule has 0 saturated carbocycles. The van der Waals surface area contributed by atoms with E-state index in [9.17, 15) is 26.4 Å². The number of sulfonamides is 1. The van der Waals surface area contributed by atoms with E-state index in [0.717, 1.165) is 0 Å². The normalized spacial score (nSPS) is 17.8. The van der Waals surface area contributed by atoms with Gasteiger partial charge in [-0.05, 0) is 57.2 Å². The van der Waals surface area contributed by atoms with E-state index in [1.54, 1.807) is 25.5 Å². The van der Waals surface area contributed by atoms with Gasteiger partial charge in [0.25, 0.3) is 0 Å². The molecule has 2 rings (SSSR count). The Bertz CT molecular complexity index is 815. The number of nitrogens with zero attached hydrogens (tertiary/aromatic N) is 1. The average molecular weight is 457 g/mol. The minimum Gasteiger partial charge on any atom is -0.444 e. The first-order valence-electron chi connectivity index (χ1n) is 9.01. The summed E-state index contributed by atoms with van der Waals surface area (Å²) < 4.78 is 69.3. The smallest absolute Gasteiger partial charge is 0.444 e. The van der Waals surface area contributed by atoms with Crippen molar-refractivity contribution in [3.63, 3.8) is 0 Å². The van der Waals surface area contributed by atoms with Crippen molar-refractivity contribution in [3.05, 3.63) is 34.9 Å². The first-order valence-corrected chi connectivity index (χ1v) is 10.9. The molecular weight excluding hydrogens is 433 g/mol. The van der Waals surface area contributed by atoms with Crippen molar-refractivity contribution in [2.24, 2.45) is 5.92 Å². The Labute approximate surface area is 173 Å². The summed E-state index contributed by atoms with van der Waals surface area (Å²) in [6.07, 6.45) is 0.120. The molecule has 1 N–H and O–H groups in total. The van der Waals surface area contributed by atoms with Gasteiger partial charge in [-0.3, -0.25) is 0 Å². The second-order valence-electron chi connectivity index (χ2n) is 7.90. The number of carbonyl (C=O) groups excluding carboxylic acids is 1. The van der Waals surface area contributed by atoms with Crippen LogP contribution in [0.3, 0.4) is 0 Å². The third-order valence-corrected chi connectivity index (χ3v) is 5.90. The maximum Gasteiger partial charge on any atom is 0.511 e. The highest BCUT2D eigenvalue weighted by atomic mass is 35.5. The van der Waals surface area contributed by atoms with Crippen molar-refractivity contribution in [2.45, 2.75) is 50.8 Å². The summed E-state index contributed by atoms with van der Waals surface area (Å²) in [5.74, 6) is -0.438. The number of halogens is 4. The fourth-order valence-electron chi connectivity index (χ4n) is 3.08. The zero-order valence-corrected chi connectivity index (χ0v) is 17.9. The zero-order chi connectivity index (χ0) is 22.0. The number of hydrogen-bond donors (Lipinski definition) is 1. The molecular formula is C18H24ClF3N2O4S. The molecule has 1 saturated heterocycles. The molecule has 164 valence electrons. The van der Waals surface area contributed by atoms with Crippen LogP contribution >= 0.6 is 11.6 Å². The zero-order valence-electron chi connectivity index (χ0n) is 16.3. The van der Waals surface area contributed by atoms with Crippen LogP contribution in [0.2, 0.25) is 5.02 Å². The molecule has 0 aliphatic carbocycles. The summed E-state index contributed by atoms with van der Waals surface area (Å²) in [7, 11) is -5.55. The highest BCUT2D eigenvalue weighted by molar-refractivity contribution is 7.90.